The van der Waals surface area contributed by atoms with Crippen molar-refractivity contribution in [2.45, 2.75) is 40.0 Å². The second-order valence-electron chi connectivity index (χ2n) is 34.5. The molecule has 0 aliphatic heterocycles. The number of aromatic nitrogens is 4. The molecular formula is C116H81N7O2. The molecule has 0 unspecified atom stereocenters. The van der Waals surface area contributed by atoms with Crippen LogP contribution in [0.1, 0.15) is 37.5 Å². The number of fused-ring (bicyclic) bond motifs is 24. The molecule has 25 aromatic rings. The van der Waals surface area contributed by atoms with Crippen LogP contribution in [0.5, 0.6) is 0 Å². The second kappa shape index (κ2) is 27.7. The van der Waals surface area contributed by atoms with Crippen molar-refractivity contribution in [2.75, 3.05) is 14.7 Å². The highest BCUT2D eigenvalue weighted by atomic mass is 16.3. The first-order valence-electron chi connectivity index (χ1n) is 43.1. The van der Waals surface area contributed by atoms with Crippen LogP contribution in [-0.4, -0.2) is 18.3 Å². The van der Waals surface area contributed by atoms with Crippen LogP contribution in [0, 0.1) is 13.8 Å². The third-order valence-electron chi connectivity index (χ3n) is 26.1. The summed E-state index contributed by atoms with van der Waals surface area (Å²) in [5, 5.41) is 18.3. The fourth-order valence-electron chi connectivity index (χ4n) is 20.6. The summed E-state index contributed by atoms with van der Waals surface area (Å²) in [6, 6.07) is 148. The molecule has 0 bridgehead atoms. The smallest absolute Gasteiger partial charge is 0.159 e. The number of furan rings is 2. The van der Waals surface area contributed by atoms with E-state index in [0.717, 1.165) is 205 Å². The molecule has 6 aromatic heterocycles. The lowest BCUT2D eigenvalue weighted by atomic mass is 9.87. The minimum atomic E-state index is -0.0857. The number of rotatable bonds is 13. The van der Waals surface area contributed by atoms with Crippen LogP contribution in [0.4, 0.5) is 51.2 Å². The van der Waals surface area contributed by atoms with Crippen molar-refractivity contribution in [3.8, 4) is 22.7 Å². The third-order valence-corrected chi connectivity index (χ3v) is 26.1. The van der Waals surface area contributed by atoms with Gasteiger partial charge in [0.15, 0.2) is 11.2 Å². The van der Waals surface area contributed by atoms with Gasteiger partial charge >= 0.3 is 0 Å². The maximum Gasteiger partial charge on any atom is 0.159 e. The van der Waals surface area contributed by atoms with E-state index in [9.17, 15) is 0 Å². The minimum absolute atomic E-state index is 0.0857. The van der Waals surface area contributed by atoms with Gasteiger partial charge in [-0.1, -0.05) is 215 Å². The first-order valence-corrected chi connectivity index (χ1v) is 43.1. The second-order valence-corrected chi connectivity index (χ2v) is 34.5. The van der Waals surface area contributed by atoms with Crippen molar-refractivity contribution < 1.29 is 8.83 Å². The van der Waals surface area contributed by atoms with Crippen LogP contribution < -0.4 is 14.7 Å². The zero-order chi connectivity index (χ0) is 83.0. The molecule has 0 aliphatic carbocycles. The normalized spacial score (nSPS) is 12.2. The highest BCUT2D eigenvalue weighted by Crippen LogP contribution is 2.53. The molecule has 0 spiro atoms. The maximum absolute atomic E-state index is 6.90. The van der Waals surface area contributed by atoms with Gasteiger partial charge in [-0.15, -0.1) is 0 Å². The van der Waals surface area contributed by atoms with Gasteiger partial charge in [0.1, 0.15) is 11.2 Å². The van der Waals surface area contributed by atoms with Crippen LogP contribution in [0.25, 0.3) is 175 Å². The predicted molar refractivity (Wildman–Crippen MR) is 526 cm³/mol. The molecule has 9 heteroatoms. The summed E-state index contributed by atoms with van der Waals surface area (Å²) < 4.78 is 23.6. The van der Waals surface area contributed by atoms with Crippen LogP contribution in [-0.2, 0) is 5.41 Å². The SMILES string of the molecule is Cc1cccc(N(c2ccc3c(c2)c2c4ccc5c(c4ccc2n3-c2ccccc2)c2cc(N(c3ccc(C(C)(C)C)cc3)c3ccc4c(c3)c3c6ccc7c(c6ccc3n4-c3ccccc3)c3cc(N(c4cccc(C)c4)c4cccc6c4oc4ccccc46)ccc3n7-c3ccccc3)ccc2n5-c2ccccc2)c2cccc3c2oc2ccccc23)c1. The van der Waals surface area contributed by atoms with E-state index < -0.39 is 0 Å². The Hall–Kier alpha value is -16.1. The van der Waals surface area contributed by atoms with Gasteiger partial charge in [-0.25, -0.2) is 0 Å². The van der Waals surface area contributed by atoms with Gasteiger partial charge in [-0.05, 0) is 264 Å². The van der Waals surface area contributed by atoms with Gasteiger partial charge in [0.2, 0.25) is 0 Å². The Morgan fingerprint density at radius 3 is 0.816 bits per heavy atom. The van der Waals surface area contributed by atoms with Crippen LogP contribution in [0.2, 0.25) is 0 Å². The molecule has 0 amide bonds. The molecular weight excluding hydrogens is 1520 g/mol. The van der Waals surface area contributed by atoms with Crippen molar-refractivity contribution in [3.63, 3.8) is 0 Å². The third kappa shape index (κ3) is 11.1. The molecule has 9 nitrogen and oxygen atoms in total. The topological polar surface area (TPSA) is 55.7 Å². The van der Waals surface area contributed by atoms with Crippen LogP contribution in [0.15, 0.2) is 409 Å². The van der Waals surface area contributed by atoms with Crippen molar-refractivity contribution >= 4 is 204 Å². The highest BCUT2D eigenvalue weighted by molar-refractivity contribution is 6.32. The minimum Gasteiger partial charge on any atom is -0.454 e. The molecule has 0 atom stereocenters. The molecule has 0 radical (unpaired) electrons. The zero-order valence-corrected chi connectivity index (χ0v) is 69.6. The Morgan fingerprint density at radius 1 is 0.208 bits per heavy atom. The van der Waals surface area contributed by atoms with Crippen molar-refractivity contribution in [1.82, 2.24) is 18.3 Å². The monoisotopic (exact) mass is 1600 g/mol. The number of anilines is 9. The van der Waals surface area contributed by atoms with E-state index in [1.807, 2.05) is 0 Å². The summed E-state index contributed by atoms with van der Waals surface area (Å²) in [5.74, 6) is 0. The van der Waals surface area contributed by atoms with Crippen LogP contribution in [0.3, 0.4) is 0 Å². The molecule has 19 aromatic carbocycles. The van der Waals surface area contributed by atoms with Crippen molar-refractivity contribution in [3.05, 3.63) is 417 Å². The lowest BCUT2D eigenvalue weighted by Crippen LogP contribution is -2.13. The van der Waals surface area contributed by atoms with Gasteiger partial charge in [0.05, 0.1) is 55.5 Å². The van der Waals surface area contributed by atoms with E-state index in [2.05, 4.69) is 468 Å². The first kappa shape index (κ1) is 71.8. The molecule has 0 N–H and O–H groups in total. The van der Waals surface area contributed by atoms with E-state index in [-0.39, 0.29) is 5.41 Å². The molecule has 0 fully saturated rings. The molecule has 25 rings (SSSR count). The summed E-state index contributed by atoms with van der Waals surface area (Å²) in [6.07, 6.45) is 0. The molecule has 592 valence electrons. The Morgan fingerprint density at radius 2 is 0.488 bits per heavy atom. The van der Waals surface area contributed by atoms with Crippen LogP contribution >= 0.6 is 0 Å². The van der Waals surface area contributed by atoms with E-state index in [1.54, 1.807) is 0 Å². The average Bonchev–Trinajstić information content (AvgIpc) is 1.57. The van der Waals surface area contributed by atoms with E-state index >= 15 is 0 Å². The van der Waals surface area contributed by atoms with Gasteiger partial charge in [-0.3, -0.25) is 0 Å². The number of benzene rings is 19. The fourth-order valence-corrected chi connectivity index (χ4v) is 20.6. The molecule has 0 saturated heterocycles. The zero-order valence-electron chi connectivity index (χ0n) is 69.6. The number of hydrogen-bond donors (Lipinski definition) is 0. The quantitative estimate of drug-likeness (QED) is 0.115. The van der Waals surface area contributed by atoms with Gasteiger partial charge in [-0.2, -0.15) is 0 Å². The summed E-state index contributed by atoms with van der Waals surface area (Å²) >= 11 is 0. The Balaban J connectivity index is 0.727. The molecule has 0 aliphatic rings. The number of aryl methyl sites for hydroxylation is 2. The van der Waals surface area contributed by atoms with Gasteiger partial charge in [0, 0.05) is 127 Å². The number of hydrogen-bond acceptors (Lipinski definition) is 5. The van der Waals surface area contributed by atoms with Crippen molar-refractivity contribution in [2.24, 2.45) is 0 Å². The first-order chi connectivity index (χ1) is 61.5. The van der Waals surface area contributed by atoms with E-state index in [4.69, 9.17) is 8.83 Å². The number of nitrogens with zero attached hydrogens (tertiary/aromatic N) is 7. The Bertz CT molecular complexity index is 8260. The molecule has 0 saturated carbocycles. The Kier molecular flexibility index (Phi) is 15.9. The van der Waals surface area contributed by atoms with Gasteiger partial charge in [0.25, 0.3) is 0 Å². The fraction of sp³-hybridized carbons (Fsp3) is 0.0517. The summed E-state index contributed by atoms with van der Waals surface area (Å²) in [7, 11) is 0. The summed E-state index contributed by atoms with van der Waals surface area (Å²) in [5.41, 5.74) is 29.4. The largest absolute Gasteiger partial charge is 0.454 e. The van der Waals surface area contributed by atoms with E-state index in [0.29, 0.717) is 0 Å². The average molecular weight is 1600 g/mol. The lowest BCUT2D eigenvalue weighted by molar-refractivity contribution is 0.590. The Labute approximate surface area is 720 Å². The maximum atomic E-state index is 6.90. The summed E-state index contributed by atoms with van der Waals surface area (Å²) in [6.45, 7) is 11.2. The number of para-hydroxylation sites is 8. The van der Waals surface area contributed by atoms with Gasteiger partial charge < -0.3 is 41.8 Å². The lowest BCUT2D eigenvalue weighted by Gasteiger charge is -2.27. The molecule has 6 heterocycles. The molecule has 125 heavy (non-hydrogen) atoms. The highest BCUT2D eigenvalue weighted by Gasteiger charge is 2.30. The standard InChI is InChI=1S/C116H81N7O2/c1-72-26-22-36-80(66-72)118(106-42-24-40-92-86-38-18-20-44-108(86)124-114(92)106)84-52-60-100-96(70-84)112-90-56-62-102-110(88(90)54-64-104(112)122(100)77-32-14-8-15-33-77)94-68-82(50-58-98(94)120(102)75-28-10-6-11-29-75)117(79-48-46-74(47-49-79)116(3,4)5)83-51-59-99-95(69-83)111-89-55-65-105-113(91(89)57-63-103(111)121(99)76-30-12-7-13-31-76)97-71-85(53-61-101(97)123(105)78-34-16-9-17-35-78)119(81-37-23-27-73(2)67-81)107-43-25-41-93-87-39-19-21-45-109(87)125-115(93)107/h6-71H,1-5H3. The van der Waals surface area contributed by atoms with E-state index in [1.165, 1.54) is 38.2 Å². The predicted octanol–water partition coefficient (Wildman–Crippen LogP) is 32.5. The van der Waals surface area contributed by atoms with Crippen molar-refractivity contribution in [1.29, 1.82) is 0 Å². The summed E-state index contributed by atoms with van der Waals surface area (Å²) in [4.78, 5) is 7.27.